The molecule has 1 fully saturated rings. The molecule has 0 aromatic heterocycles. The number of non-ortho nitro benzene ring substituents is 1. The maximum absolute atomic E-state index is 15.2. The van der Waals surface area contributed by atoms with Gasteiger partial charge < -0.3 is 19.7 Å². The topological polar surface area (TPSA) is 128 Å². The highest BCUT2D eigenvalue weighted by atomic mass is 16.6. The number of rotatable bonds is 7. The minimum atomic E-state index is -1.57. The van der Waals surface area contributed by atoms with Gasteiger partial charge in [0.15, 0.2) is 11.6 Å². The van der Waals surface area contributed by atoms with E-state index in [9.17, 15) is 19.7 Å². The molecule has 0 radical (unpaired) electrons. The minimum Gasteiger partial charge on any atom is -0.497 e. The van der Waals surface area contributed by atoms with Gasteiger partial charge in [-0.3, -0.25) is 24.5 Å². The summed E-state index contributed by atoms with van der Waals surface area (Å²) in [5.74, 6) is -2.08. The van der Waals surface area contributed by atoms with Gasteiger partial charge in [-0.15, -0.1) is 0 Å². The molecule has 4 atom stereocenters. The maximum Gasteiger partial charge on any atom is 0.270 e. The van der Waals surface area contributed by atoms with Crippen LogP contribution in [0.3, 0.4) is 0 Å². The lowest BCUT2D eigenvalue weighted by atomic mass is 9.62. The second-order valence-corrected chi connectivity index (χ2v) is 11.2. The largest absolute Gasteiger partial charge is 0.497 e. The van der Waals surface area contributed by atoms with Crippen LogP contribution in [0.1, 0.15) is 43.4 Å². The molecule has 4 aromatic rings. The van der Waals surface area contributed by atoms with Crippen molar-refractivity contribution < 1.29 is 28.8 Å². The van der Waals surface area contributed by atoms with Crippen LogP contribution in [0, 0.1) is 16.0 Å². The van der Waals surface area contributed by atoms with Crippen molar-refractivity contribution in [2.45, 2.75) is 17.5 Å². The highest BCUT2D eigenvalue weighted by Crippen LogP contribution is 2.62. The zero-order chi connectivity index (χ0) is 31.5. The molecule has 1 spiro atoms. The summed E-state index contributed by atoms with van der Waals surface area (Å²) in [5.41, 5.74) is 1.14. The lowest BCUT2D eigenvalue weighted by Crippen LogP contribution is -2.49. The second-order valence-electron chi connectivity index (χ2n) is 11.2. The molecule has 1 amide bonds. The number of nitro groups is 1. The normalized spacial score (nSPS) is 22.3. The van der Waals surface area contributed by atoms with Gasteiger partial charge in [-0.05, 0) is 47.0 Å². The maximum atomic E-state index is 15.2. The number of hydrogen-bond donors (Lipinski definition) is 1. The Hall–Kier alpha value is -5.77. The fraction of sp³-hybridized carbons (Fsp3) is 0.171. The van der Waals surface area contributed by atoms with E-state index in [1.54, 1.807) is 47.5 Å². The van der Waals surface area contributed by atoms with Crippen molar-refractivity contribution >= 4 is 34.9 Å². The van der Waals surface area contributed by atoms with Crippen molar-refractivity contribution in [3.63, 3.8) is 0 Å². The summed E-state index contributed by atoms with van der Waals surface area (Å²) in [5, 5.41) is 14.7. The Labute approximate surface area is 258 Å². The molecule has 0 aliphatic carbocycles. The third kappa shape index (κ3) is 3.98. The molecule has 10 heteroatoms. The van der Waals surface area contributed by atoms with Gasteiger partial charge in [0.1, 0.15) is 23.0 Å². The number of carbonyl (C=O) groups is 3. The van der Waals surface area contributed by atoms with E-state index < -0.39 is 45.8 Å². The van der Waals surface area contributed by atoms with Crippen LogP contribution in [0.5, 0.6) is 11.5 Å². The van der Waals surface area contributed by atoms with Crippen LogP contribution >= 0.6 is 0 Å². The number of Topliss-reactive ketones (excluding diaryl/α,β-unsaturated/α-hetero) is 2. The summed E-state index contributed by atoms with van der Waals surface area (Å²) in [6.07, 6.45) is 3.60. The molecule has 0 bridgehead atoms. The number of ketones is 2. The summed E-state index contributed by atoms with van der Waals surface area (Å²) in [7, 11) is 2.92. The predicted octanol–water partition coefficient (Wildman–Crippen LogP) is 5.59. The van der Waals surface area contributed by atoms with Crippen LogP contribution in [0.2, 0.25) is 0 Å². The number of para-hydroxylation sites is 1. The van der Waals surface area contributed by atoms with Crippen LogP contribution in [0.15, 0.2) is 97.2 Å². The first-order valence-corrected chi connectivity index (χ1v) is 14.3. The van der Waals surface area contributed by atoms with E-state index in [-0.39, 0.29) is 22.6 Å². The Morgan fingerprint density at radius 1 is 0.911 bits per heavy atom. The monoisotopic (exact) mass is 601 g/mol. The van der Waals surface area contributed by atoms with Gasteiger partial charge in [-0.25, -0.2) is 0 Å². The number of anilines is 1. The molecule has 3 aliphatic rings. The number of methoxy groups -OCH3 is 2. The summed E-state index contributed by atoms with van der Waals surface area (Å²) < 4.78 is 11.0. The third-order valence-electron chi connectivity index (χ3n) is 9.14. The van der Waals surface area contributed by atoms with Crippen LogP contribution in [-0.2, 0) is 10.2 Å². The highest BCUT2D eigenvalue weighted by Gasteiger charge is 2.71. The number of benzene rings is 4. The highest BCUT2D eigenvalue weighted by molar-refractivity contribution is 6.17. The Morgan fingerprint density at radius 3 is 2.47 bits per heavy atom. The van der Waals surface area contributed by atoms with Crippen molar-refractivity contribution in [2.75, 3.05) is 19.5 Å². The molecule has 45 heavy (non-hydrogen) atoms. The molecule has 4 aromatic carbocycles. The standard InChI is InChI=1S/C35H27N3O7/c1-44-23-14-15-28(45-2)25(19-23)32(40)29-30(31(39)21-9-7-10-22(18-21)38(42)43)37-17-16-20-8-3-4-11-24(20)33(37)35(29)26-12-5-6-13-27(26)36-34(35)41/h3-19,29-30,33H,1-2H3,(H,36,41). The second kappa shape index (κ2) is 10.4. The average Bonchev–Trinajstić information content (AvgIpc) is 3.55. The summed E-state index contributed by atoms with van der Waals surface area (Å²) in [4.78, 5) is 57.4. The number of ether oxygens (including phenoxy) is 2. The first-order chi connectivity index (χ1) is 21.8. The van der Waals surface area contributed by atoms with Crippen molar-refractivity contribution in [3.8, 4) is 11.5 Å². The lowest BCUT2D eigenvalue weighted by molar-refractivity contribution is -0.384. The number of nitrogens with zero attached hydrogens (tertiary/aromatic N) is 2. The van der Waals surface area contributed by atoms with Gasteiger partial charge >= 0.3 is 0 Å². The molecule has 1 saturated heterocycles. The Balaban J connectivity index is 1.55. The molecule has 3 heterocycles. The Kier molecular flexibility index (Phi) is 6.50. The van der Waals surface area contributed by atoms with Crippen molar-refractivity contribution in [3.05, 3.63) is 135 Å². The number of nitrogens with one attached hydrogen (secondary N) is 1. The van der Waals surface area contributed by atoms with Gasteiger partial charge in [0.25, 0.3) is 5.69 Å². The molecular formula is C35H27N3O7. The third-order valence-corrected chi connectivity index (χ3v) is 9.14. The van der Waals surface area contributed by atoms with E-state index in [0.29, 0.717) is 17.0 Å². The molecule has 0 saturated carbocycles. The molecule has 224 valence electrons. The van der Waals surface area contributed by atoms with Crippen molar-refractivity contribution in [1.82, 2.24) is 4.90 Å². The van der Waals surface area contributed by atoms with Gasteiger partial charge in [-0.2, -0.15) is 0 Å². The zero-order valence-electron chi connectivity index (χ0n) is 24.3. The van der Waals surface area contributed by atoms with E-state index in [2.05, 4.69) is 5.32 Å². The number of fused-ring (bicyclic) bond motifs is 6. The Morgan fingerprint density at radius 2 is 1.69 bits per heavy atom. The lowest BCUT2D eigenvalue weighted by Gasteiger charge is -2.38. The van der Waals surface area contributed by atoms with Crippen molar-refractivity contribution in [2.24, 2.45) is 5.92 Å². The SMILES string of the molecule is COc1ccc(OC)c(C(=O)C2C(C(=O)c3cccc([N+](=O)[O-])c3)N3C=Cc4ccccc4C3C23C(=O)Nc2ccccc23)c1. The quantitative estimate of drug-likeness (QED) is 0.165. The zero-order valence-corrected chi connectivity index (χ0v) is 24.3. The number of hydrogen-bond acceptors (Lipinski definition) is 8. The van der Waals surface area contributed by atoms with E-state index in [4.69, 9.17) is 9.47 Å². The number of amides is 1. The van der Waals surface area contributed by atoms with E-state index in [0.717, 1.165) is 11.1 Å². The predicted molar refractivity (Wildman–Crippen MR) is 165 cm³/mol. The summed E-state index contributed by atoms with van der Waals surface area (Å²) in [6.45, 7) is 0. The molecule has 10 nitrogen and oxygen atoms in total. The van der Waals surface area contributed by atoms with Crippen LogP contribution in [0.25, 0.3) is 6.08 Å². The minimum absolute atomic E-state index is 0.0550. The molecule has 7 rings (SSSR count). The molecule has 1 N–H and O–H groups in total. The van der Waals surface area contributed by atoms with Gasteiger partial charge in [-0.1, -0.05) is 54.6 Å². The van der Waals surface area contributed by atoms with Gasteiger partial charge in [0.2, 0.25) is 5.91 Å². The molecule has 4 unspecified atom stereocenters. The number of carbonyl (C=O) groups excluding carboxylic acids is 3. The summed E-state index contributed by atoms with van der Waals surface area (Å²) in [6, 6.07) is 23.0. The first kappa shape index (κ1) is 28.0. The average molecular weight is 602 g/mol. The van der Waals surface area contributed by atoms with Crippen LogP contribution in [-0.4, -0.2) is 47.6 Å². The number of nitro benzene ring substituents is 1. The van der Waals surface area contributed by atoms with Gasteiger partial charge in [0, 0.05) is 29.6 Å². The van der Waals surface area contributed by atoms with E-state index in [1.165, 1.54) is 38.5 Å². The first-order valence-electron chi connectivity index (χ1n) is 14.3. The van der Waals surface area contributed by atoms with Gasteiger partial charge in [0.05, 0.1) is 36.7 Å². The smallest absolute Gasteiger partial charge is 0.270 e. The molecular weight excluding hydrogens is 574 g/mol. The fourth-order valence-electron chi connectivity index (χ4n) is 7.29. The van der Waals surface area contributed by atoms with E-state index >= 15 is 4.79 Å². The van der Waals surface area contributed by atoms with Crippen molar-refractivity contribution in [1.29, 1.82) is 0 Å². The Bertz CT molecular complexity index is 1950. The summed E-state index contributed by atoms with van der Waals surface area (Å²) >= 11 is 0. The van der Waals surface area contributed by atoms with Crippen LogP contribution < -0.4 is 14.8 Å². The fourth-order valence-corrected chi connectivity index (χ4v) is 7.29. The van der Waals surface area contributed by atoms with E-state index in [1.807, 2.05) is 36.4 Å². The van der Waals surface area contributed by atoms with Crippen LogP contribution in [0.4, 0.5) is 11.4 Å². The molecule has 3 aliphatic heterocycles.